The van der Waals surface area contributed by atoms with Gasteiger partial charge in [-0.1, -0.05) is 37.6 Å². The fraction of sp³-hybridized carbons (Fsp3) is 0.429. The molecular weight excluding hydrogens is 480 g/mol. The Balaban J connectivity index is 2.03. The van der Waals surface area contributed by atoms with E-state index in [0.717, 1.165) is 25.2 Å². The molecule has 0 spiro atoms. The number of ketones is 1. The molecule has 2 aromatic rings. The quantitative estimate of drug-likeness (QED) is 0.235. The number of ether oxygens (including phenoxy) is 2. The molecule has 36 heavy (non-hydrogen) atoms. The number of halogens is 1. The first kappa shape index (κ1) is 27.6. The standard InChI is InChI=1S/C28H35ClN2O5/c1-5-30(6-2)16-9-17-31-25(19-10-13-21(14-11-19)35-7-3)24(27(33)28(31)34)26(32)20-12-15-23(36-8-4)22(29)18-20/h10-15,18,25,32H,5-9,16-17H2,1-4H3/b26-24+/t25-/m1/s1. The largest absolute Gasteiger partial charge is 0.507 e. The van der Waals surface area contributed by atoms with Crippen molar-refractivity contribution in [1.29, 1.82) is 0 Å². The average Bonchev–Trinajstić information content (AvgIpc) is 3.13. The number of rotatable bonds is 12. The Kier molecular flexibility index (Phi) is 9.79. The topological polar surface area (TPSA) is 79.3 Å². The number of amides is 1. The highest BCUT2D eigenvalue weighted by Gasteiger charge is 2.45. The summed E-state index contributed by atoms with van der Waals surface area (Å²) in [7, 11) is 0. The third kappa shape index (κ3) is 6.02. The number of hydrogen-bond acceptors (Lipinski definition) is 6. The number of aliphatic hydroxyl groups is 1. The van der Waals surface area contributed by atoms with Crippen LogP contribution in [0.4, 0.5) is 0 Å². The molecule has 0 saturated carbocycles. The fourth-order valence-electron chi connectivity index (χ4n) is 4.45. The molecule has 1 fully saturated rings. The second-order valence-corrected chi connectivity index (χ2v) is 8.86. The second-order valence-electron chi connectivity index (χ2n) is 8.45. The van der Waals surface area contributed by atoms with Gasteiger partial charge in [0.1, 0.15) is 17.3 Å². The Morgan fingerprint density at radius 1 is 1.00 bits per heavy atom. The zero-order valence-corrected chi connectivity index (χ0v) is 22.2. The Morgan fingerprint density at radius 2 is 1.67 bits per heavy atom. The van der Waals surface area contributed by atoms with Crippen LogP contribution in [0.15, 0.2) is 48.0 Å². The van der Waals surface area contributed by atoms with Gasteiger partial charge in [-0.3, -0.25) is 9.59 Å². The van der Waals surface area contributed by atoms with Crippen LogP contribution >= 0.6 is 11.6 Å². The maximum absolute atomic E-state index is 13.2. The Hall–Kier alpha value is -3.03. The van der Waals surface area contributed by atoms with E-state index < -0.39 is 17.7 Å². The summed E-state index contributed by atoms with van der Waals surface area (Å²) in [5, 5.41) is 11.6. The van der Waals surface area contributed by atoms with Gasteiger partial charge in [0.05, 0.1) is 29.9 Å². The molecule has 0 aliphatic carbocycles. The molecule has 1 atom stereocenters. The van der Waals surface area contributed by atoms with Crippen molar-refractivity contribution < 1.29 is 24.2 Å². The molecule has 0 aromatic heterocycles. The van der Waals surface area contributed by atoms with Gasteiger partial charge in [0.15, 0.2) is 0 Å². The minimum Gasteiger partial charge on any atom is -0.507 e. The van der Waals surface area contributed by atoms with Crippen molar-refractivity contribution in [3.8, 4) is 11.5 Å². The normalized spacial score (nSPS) is 17.2. The van der Waals surface area contributed by atoms with Crippen LogP contribution in [-0.2, 0) is 9.59 Å². The fourth-order valence-corrected chi connectivity index (χ4v) is 4.69. The molecule has 1 saturated heterocycles. The molecule has 1 amide bonds. The number of hydrogen-bond donors (Lipinski definition) is 1. The van der Waals surface area contributed by atoms with E-state index in [1.807, 2.05) is 38.1 Å². The molecular formula is C28H35ClN2O5. The molecule has 194 valence electrons. The van der Waals surface area contributed by atoms with E-state index in [-0.39, 0.29) is 11.3 Å². The van der Waals surface area contributed by atoms with E-state index in [1.165, 1.54) is 0 Å². The van der Waals surface area contributed by atoms with Crippen molar-refractivity contribution in [2.24, 2.45) is 0 Å². The van der Waals surface area contributed by atoms with Crippen LogP contribution < -0.4 is 9.47 Å². The molecule has 3 rings (SSSR count). The van der Waals surface area contributed by atoms with Gasteiger partial charge in [-0.2, -0.15) is 0 Å². The van der Waals surface area contributed by atoms with E-state index in [0.29, 0.717) is 48.3 Å². The lowest BCUT2D eigenvalue weighted by Crippen LogP contribution is -2.33. The van der Waals surface area contributed by atoms with Gasteiger partial charge in [-0.05, 0) is 75.8 Å². The predicted molar refractivity (Wildman–Crippen MR) is 142 cm³/mol. The Morgan fingerprint density at radius 3 is 2.25 bits per heavy atom. The van der Waals surface area contributed by atoms with Crippen molar-refractivity contribution in [1.82, 2.24) is 9.80 Å². The maximum atomic E-state index is 13.2. The van der Waals surface area contributed by atoms with Gasteiger partial charge >= 0.3 is 0 Å². The number of carbonyl (C=O) groups excluding carboxylic acids is 2. The summed E-state index contributed by atoms with van der Waals surface area (Å²) in [5.74, 6) is -0.414. The van der Waals surface area contributed by atoms with Crippen LogP contribution in [0.5, 0.6) is 11.5 Å². The summed E-state index contributed by atoms with van der Waals surface area (Å²) in [5.41, 5.74) is 1.12. The molecule has 1 aliphatic heterocycles. The molecule has 8 heteroatoms. The van der Waals surface area contributed by atoms with Gasteiger partial charge in [0.2, 0.25) is 0 Å². The van der Waals surface area contributed by atoms with Crippen molar-refractivity contribution in [2.75, 3.05) is 39.4 Å². The number of likely N-dealkylation sites (tertiary alicyclic amines) is 1. The predicted octanol–water partition coefficient (Wildman–Crippen LogP) is 5.29. The van der Waals surface area contributed by atoms with Crippen LogP contribution in [0.2, 0.25) is 5.02 Å². The molecule has 2 aromatic carbocycles. The van der Waals surface area contributed by atoms with E-state index in [4.69, 9.17) is 21.1 Å². The molecule has 7 nitrogen and oxygen atoms in total. The van der Waals surface area contributed by atoms with Crippen LogP contribution in [-0.4, -0.2) is 66.0 Å². The van der Waals surface area contributed by atoms with Crippen molar-refractivity contribution in [2.45, 2.75) is 40.2 Å². The van der Waals surface area contributed by atoms with Crippen molar-refractivity contribution in [3.63, 3.8) is 0 Å². The third-order valence-corrected chi connectivity index (χ3v) is 6.62. The van der Waals surface area contributed by atoms with Gasteiger partial charge in [0, 0.05) is 12.1 Å². The number of benzene rings is 2. The van der Waals surface area contributed by atoms with Crippen LogP contribution in [0, 0.1) is 0 Å². The van der Waals surface area contributed by atoms with Crippen LogP contribution in [0.1, 0.15) is 51.3 Å². The highest BCUT2D eigenvalue weighted by molar-refractivity contribution is 6.46. The summed E-state index contributed by atoms with van der Waals surface area (Å²) in [6, 6.07) is 11.4. The van der Waals surface area contributed by atoms with Crippen LogP contribution in [0.3, 0.4) is 0 Å². The molecule has 1 N–H and O–H groups in total. The minimum atomic E-state index is -0.720. The molecule has 1 aliphatic rings. The monoisotopic (exact) mass is 514 g/mol. The second kappa shape index (κ2) is 12.8. The lowest BCUT2D eigenvalue weighted by molar-refractivity contribution is -0.140. The van der Waals surface area contributed by atoms with Gasteiger partial charge in [0.25, 0.3) is 11.7 Å². The third-order valence-electron chi connectivity index (χ3n) is 6.32. The zero-order valence-electron chi connectivity index (χ0n) is 21.4. The van der Waals surface area contributed by atoms with Gasteiger partial charge in [-0.25, -0.2) is 0 Å². The highest BCUT2D eigenvalue weighted by Crippen LogP contribution is 2.40. The smallest absolute Gasteiger partial charge is 0.295 e. The lowest BCUT2D eigenvalue weighted by Gasteiger charge is -2.27. The Bertz CT molecular complexity index is 1100. The molecule has 0 unspecified atom stereocenters. The molecule has 0 radical (unpaired) electrons. The number of nitrogens with zero attached hydrogens (tertiary/aromatic N) is 2. The van der Waals surface area contributed by atoms with E-state index >= 15 is 0 Å². The van der Waals surface area contributed by atoms with Crippen molar-refractivity contribution in [3.05, 3.63) is 64.2 Å². The first-order valence-electron chi connectivity index (χ1n) is 12.5. The van der Waals surface area contributed by atoms with E-state index in [1.54, 1.807) is 23.1 Å². The summed E-state index contributed by atoms with van der Waals surface area (Å²) in [6.07, 6.45) is 0.706. The zero-order chi connectivity index (χ0) is 26.2. The van der Waals surface area contributed by atoms with Gasteiger partial charge in [-0.15, -0.1) is 0 Å². The first-order chi connectivity index (χ1) is 17.4. The average molecular weight is 515 g/mol. The number of Topliss-reactive ketones (excluding diaryl/α,β-unsaturated/α-hetero) is 1. The van der Waals surface area contributed by atoms with Gasteiger partial charge < -0.3 is 24.4 Å². The van der Waals surface area contributed by atoms with E-state index in [9.17, 15) is 14.7 Å². The number of carbonyl (C=O) groups is 2. The van der Waals surface area contributed by atoms with Crippen molar-refractivity contribution >= 4 is 29.1 Å². The summed E-state index contributed by atoms with van der Waals surface area (Å²) < 4.78 is 11.0. The van der Waals surface area contributed by atoms with E-state index in [2.05, 4.69) is 18.7 Å². The minimum absolute atomic E-state index is 0.0484. The number of aliphatic hydroxyl groups excluding tert-OH is 1. The van der Waals surface area contributed by atoms with Crippen LogP contribution in [0.25, 0.3) is 5.76 Å². The summed E-state index contributed by atoms with van der Waals surface area (Å²) in [6.45, 7) is 11.9. The molecule has 0 bridgehead atoms. The first-order valence-corrected chi connectivity index (χ1v) is 12.9. The lowest BCUT2D eigenvalue weighted by atomic mass is 9.95. The Labute approximate surface area is 218 Å². The summed E-state index contributed by atoms with van der Waals surface area (Å²) in [4.78, 5) is 30.2. The molecule has 1 heterocycles. The maximum Gasteiger partial charge on any atom is 0.295 e. The SMILES string of the molecule is CCOc1ccc([C@@H]2/C(=C(\O)c3ccc(OCC)c(Cl)c3)C(=O)C(=O)N2CCCN(CC)CC)cc1. The summed E-state index contributed by atoms with van der Waals surface area (Å²) >= 11 is 6.34. The highest BCUT2D eigenvalue weighted by atomic mass is 35.5.